The fourth-order valence-electron chi connectivity index (χ4n) is 5.48. The Labute approximate surface area is 262 Å². The highest BCUT2D eigenvalue weighted by Gasteiger charge is 2.30. The Bertz CT molecular complexity index is 1960. The molecule has 0 bridgehead atoms. The number of alkyl halides is 2. The molecule has 0 radical (unpaired) electrons. The van der Waals surface area contributed by atoms with Crippen LogP contribution in [-0.2, 0) is 26.9 Å². The third-order valence-electron chi connectivity index (χ3n) is 7.75. The predicted molar refractivity (Wildman–Crippen MR) is 163 cm³/mol. The topological polar surface area (TPSA) is 126 Å². The van der Waals surface area contributed by atoms with Gasteiger partial charge in [-0.25, -0.2) is 17.5 Å². The van der Waals surface area contributed by atoms with Gasteiger partial charge in [-0.3, -0.25) is 4.79 Å². The average molecular weight is 655 g/mol. The van der Waals surface area contributed by atoms with Gasteiger partial charge in [-0.1, -0.05) is 18.2 Å². The van der Waals surface area contributed by atoms with Crippen LogP contribution in [0, 0.1) is 12.7 Å². The number of ketones is 1. The van der Waals surface area contributed by atoms with Gasteiger partial charge in [0, 0.05) is 30.6 Å². The Morgan fingerprint density at radius 1 is 1.09 bits per heavy atom. The first-order chi connectivity index (χ1) is 22.0. The second-order valence-electron chi connectivity index (χ2n) is 10.8. The minimum atomic E-state index is -3.85. The molecule has 14 heteroatoms. The van der Waals surface area contributed by atoms with E-state index in [2.05, 4.69) is 5.10 Å². The predicted octanol–water partition coefficient (Wildman–Crippen LogP) is 5.28. The normalized spacial score (nSPS) is 15.1. The van der Waals surface area contributed by atoms with Crippen LogP contribution in [0.25, 0.3) is 11.8 Å². The quantitative estimate of drug-likeness (QED) is 0.229. The molecule has 46 heavy (non-hydrogen) atoms. The van der Waals surface area contributed by atoms with Crippen LogP contribution in [0.15, 0.2) is 66.4 Å². The van der Waals surface area contributed by atoms with Gasteiger partial charge in [-0.05, 0) is 66.1 Å². The molecule has 2 heterocycles. The van der Waals surface area contributed by atoms with Gasteiger partial charge in [0.25, 0.3) is 0 Å². The maximum atomic E-state index is 14.0. The van der Waals surface area contributed by atoms with Gasteiger partial charge < -0.3 is 19.9 Å². The van der Waals surface area contributed by atoms with Crippen LogP contribution in [0.4, 0.5) is 19.0 Å². The van der Waals surface area contributed by atoms with E-state index >= 15 is 0 Å². The van der Waals surface area contributed by atoms with Crippen LogP contribution in [0.3, 0.4) is 0 Å². The number of Topliss-reactive ketones (excluding diaryl/α,β-unsaturated/α-hetero) is 1. The summed E-state index contributed by atoms with van der Waals surface area (Å²) in [7, 11) is -3.85. The second kappa shape index (κ2) is 12.6. The molecule has 4 aromatic rings. The van der Waals surface area contributed by atoms with Crippen LogP contribution >= 0.6 is 0 Å². The third kappa shape index (κ3) is 6.36. The number of carbonyl (C=O) groups excluding carboxylic acids is 1. The Kier molecular flexibility index (Phi) is 8.59. The molecule has 10 nitrogen and oxygen atoms in total. The minimum Gasteiger partial charge on any atom is -0.454 e. The van der Waals surface area contributed by atoms with Crippen molar-refractivity contribution in [3.05, 3.63) is 100 Å². The smallest absolute Gasteiger partial charge is 0.387 e. The van der Waals surface area contributed by atoms with Gasteiger partial charge in [0.2, 0.25) is 10.0 Å². The lowest BCUT2D eigenvalue weighted by atomic mass is 10.0. The van der Waals surface area contributed by atoms with E-state index in [-0.39, 0.29) is 61.2 Å². The van der Waals surface area contributed by atoms with Gasteiger partial charge in [-0.15, -0.1) is 0 Å². The number of halogens is 3. The van der Waals surface area contributed by atoms with E-state index in [9.17, 15) is 26.4 Å². The molecule has 1 fully saturated rings. The number of benzene rings is 3. The zero-order valence-electron chi connectivity index (χ0n) is 24.6. The molecule has 1 aliphatic heterocycles. The number of hydrogen-bond donors (Lipinski definition) is 1. The molecule has 0 atom stereocenters. The molecular weight excluding hydrogens is 625 g/mol. The van der Waals surface area contributed by atoms with Crippen LogP contribution in [0.5, 0.6) is 17.2 Å². The average Bonchev–Trinajstić information content (AvgIpc) is 3.61. The summed E-state index contributed by atoms with van der Waals surface area (Å²) in [6, 6.07) is 13.9. The van der Waals surface area contributed by atoms with E-state index in [0.29, 0.717) is 33.7 Å². The maximum absolute atomic E-state index is 14.0. The van der Waals surface area contributed by atoms with Crippen molar-refractivity contribution in [1.82, 2.24) is 14.1 Å². The number of carbonyl (C=O) groups is 1. The van der Waals surface area contributed by atoms with Gasteiger partial charge >= 0.3 is 6.61 Å². The van der Waals surface area contributed by atoms with Crippen molar-refractivity contribution in [3.8, 4) is 22.9 Å². The van der Waals surface area contributed by atoms with Crippen LogP contribution in [-0.4, -0.2) is 61.2 Å². The molecule has 1 aromatic heterocycles. The van der Waals surface area contributed by atoms with Gasteiger partial charge in [0.05, 0.1) is 36.4 Å². The molecule has 240 valence electrons. The van der Waals surface area contributed by atoms with Gasteiger partial charge in [0.15, 0.2) is 17.3 Å². The van der Waals surface area contributed by atoms with E-state index in [0.717, 1.165) is 0 Å². The molecule has 0 amide bonds. The number of nitrogens with two attached hydrogens (primary N) is 1. The lowest BCUT2D eigenvalue weighted by Crippen LogP contribution is -2.41. The number of para-hydroxylation sites is 1. The molecular formula is C32H29F3N4O6S. The number of anilines is 1. The number of aryl methyl sites for hydroxylation is 1. The number of aromatic nitrogens is 2. The zero-order valence-corrected chi connectivity index (χ0v) is 25.4. The standard InChI is InChI=1S/C32H29F3N4O6S/c1-19-12-24(44-28-5-3-2-4-26(28)33)6-7-27(19)39-31(36)25(17-37-39)30(40)22-13-20-15-23(29(45-32(34)35)16-21(20)14-22)18-46(41,42)38-8-10-43-11-9-38/h2-7,12,14-17,32H,8-11,13,18,36H2,1H3. The van der Waals surface area contributed by atoms with Crippen LogP contribution in [0.1, 0.15) is 32.6 Å². The number of rotatable bonds is 10. The summed E-state index contributed by atoms with van der Waals surface area (Å²) in [5.41, 5.74) is 9.22. The SMILES string of the molecule is Cc1cc(Oc2ccccc2F)ccc1-n1ncc(C(=O)C2=Cc3cc(OC(F)F)c(CS(=O)(=O)N4CCOCC4)cc3C2)c1N. The Balaban J connectivity index is 1.23. The highest BCUT2D eigenvalue weighted by Crippen LogP contribution is 2.36. The molecule has 1 saturated heterocycles. The van der Waals surface area contributed by atoms with Crippen molar-refractivity contribution >= 4 is 27.7 Å². The number of fused-ring (bicyclic) bond motifs is 1. The van der Waals surface area contributed by atoms with Crippen molar-refractivity contribution in [3.63, 3.8) is 0 Å². The lowest BCUT2D eigenvalue weighted by Gasteiger charge is -2.26. The van der Waals surface area contributed by atoms with Crippen LogP contribution < -0.4 is 15.2 Å². The number of nitrogens with zero attached hydrogens (tertiary/aromatic N) is 3. The minimum absolute atomic E-state index is 0.0675. The fourth-order valence-corrected chi connectivity index (χ4v) is 6.99. The van der Waals surface area contributed by atoms with E-state index in [1.807, 2.05) is 0 Å². The highest BCUT2D eigenvalue weighted by molar-refractivity contribution is 7.88. The summed E-state index contributed by atoms with van der Waals surface area (Å²) < 4.78 is 85.0. The molecule has 0 saturated carbocycles. The van der Waals surface area contributed by atoms with E-state index in [1.165, 1.54) is 39.4 Å². The molecule has 2 aliphatic rings. The largest absolute Gasteiger partial charge is 0.454 e. The molecule has 3 aromatic carbocycles. The van der Waals surface area contributed by atoms with Crippen molar-refractivity contribution < 1.29 is 40.6 Å². The first-order valence-corrected chi connectivity index (χ1v) is 15.9. The lowest BCUT2D eigenvalue weighted by molar-refractivity contribution is -0.0503. The fraction of sp³-hybridized carbons (Fsp3) is 0.250. The maximum Gasteiger partial charge on any atom is 0.387 e. The monoisotopic (exact) mass is 654 g/mol. The molecule has 1 aliphatic carbocycles. The second-order valence-corrected chi connectivity index (χ2v) is 12.8. The van der Waals surface area contributed by atoms with Crippen molar-refractivity contribution in [1.29, 1.82) is 0 Å². The molecule has 2 N–H and O–H groups in total. The number of morpholine rings is 1. The summed E-state index contributed by atoms with van der Waals surface area (Å²) in [6.07, 6.45) is 3.02. The molecule has 0 unspecified atom stereocenters. The van der Waals surface area contributed by atoms with Crippen molar-refractivity contribution in [2.24, 2.45) is 0 Å². The summed E-state index contributed by atoms with van der Waals surface area (Å²) in [6.45, 7) is -0.569. The summed E-state index contributed by atoms with van der Waals surface area (Å²) in [5.74, 6) is -1.20. The number of hydrogen-bond acceptors (Lipinski definition) is 8. The first-order valence-electron chi connectivity index (χ1n) is 14.3. The van der Waals surface area contributed by atoms with Crippen molar-refractivity contribution in [2.75, 3.05) is 32.0 Å². The molecule has 0 spiro atoms. The Morgan fingerprint density at radius 3 is 2.57 bits per heavy atom. The number of allylic oxidation sites excluding steroid dienone is 1. The number of sulfonamides is 1. The molecule has 6 rings (SSSR count). The van der Waals surface area contributed by atoms with E-state index in [1.54, 1.807) is 43.3 Å². The number of ether oxygens (including phenoxy) is 3. The highest BCUT2D eigenvalue weighted by atomic mass is 32.2. The van der Waals surface area contributed by atoms with Crippen molar-refractivity contribution in [2.45, 2.75) is 25.7 Å². The summed E-state index contributed by atoms with van der Waals surface area (Å²) in [5, 5.41) is 4.32. The van der Waals surface area contributed by atoms with Gasteiger partial charge in [-0.2, -0.15) is 18.2 Å². The Morgan fingerprint density at radius 2 is 1.85 bits per heavy atom. The zero-order chi connectivity index (χ0) is 32.6. The summed E-state index contributed by atoms with van der Waals surface area (Å²) >= 11 is 0. The van der Waals surface area contributed by atoms with Crippen LogP contribution in [0.2, 0.25) is 0 Å². The first kappa shape index (κ1) is 31.3. The third-order valence-corrected chi connectivity index (χ3v) is 9.58. The van der Waals surface area contributed by atoms with E-state index < -0.39 is 34.0 Å². The number of nitrogen functional groups attached to an aromatic ring is 1. The summed E-state index contributed by atoms with van der Waals surface area (Å²) in [4.78, 5) is 13.6. The Hall–Kier alpha value is -4.66. The van der Waals surface area contributed by atoms with Gasteiger partial charge in [0.1, 0.15) is 17.3 Å². The van der Waals surface area contributed by atoms with E-state index in [4.69, 9.17) is 19.9 Å².